The zero-order chi connectivity index (χ0) is 13.7. The lowest BCUT2D eigenvalue weighted by atomic mass is 10.1. The third-order valence-electron chi connectivity index (χ3n) is 2.75. The molecule has 0 bridgehead atoms. The number of halogens is 2. The van der Waals surface area contributed by atoms with Crippen LogP contribution < -0.4 is 5.32 Å². The zero-order valence-corrected chi connectivity index (χ0v) is 11.7. The molecule has 0 radical (unpaired) electrons. The van der Waals surface area contributed by atoms with Gasteiger partial charge in [-0.3, -0.25) is 5.32 Å². The molecule has 0 amide bonds. The van der Waals surface area contributed by atoms with Gasteiger partial charge in [-0.15, -0.1) is 0 Å². The minimum atomic E-state index is -0.669. The summed E-state index contributed by atoms with van der Waals surface area (Å²) in [5, 5.41) is 12.2. The Labute approximate surface area is 120 Å². The SMILES string of the molecule is N#CC(NCc1ccccc1)c1cc(Br)ccc1F. The molecule has 2 aromatic carbocycles. The highest BCUT2D eigenvalue weighted by Gasteiger charge is 2.15. The first-order valence-corrected chi connectivity index (χ1v) is 6.62. The van der Waals surface area contributed by atoms with Crippen molar-refractivity contribution in [1.82, 2.24) is 5.32 Å². The number of rotatable bonds is 4. The van der Waals surface area contributed by atoms with E-state index in [2.05, 4.69) is 27.3 Å². The normalized spacial score (nSPS) is 11.8. The molecule has 4 heteroatoms. The molecule has 0 heterocycles. The molecule has 0 aliphatic carbocycles. The first kappa shape index (κ1) is 13.7. The number of nitriles is 1. The van der Waals surface area contributed by atoms with Crippen LogP contribution in [0.5, 0.6) is 0 Å². The Morgan fingerprint density at radius 3 is 2.63 bits per heavy atom. The van der Waals surface area contributed by atoms with Crippen molar-refractivity contribution in [3.63, 3.8) is 0 Å². The Morgan fingerprint density at radius 2 is 1.95 bits per heavy atom. The van der Waals surface area contributed by atoms with Crippen molar-refractivity contribution in [2.75, 3.05) is 0 Å². The summed E-state index contributed by atoms with van der Waals surface area (Å²) >= 11 is 3.29. The van der Waals surface area contributed by atoms with Crippen LogP contribution in [-0.4, -0.2) is 0 Å². The van der Waals surface area contributed by atoms with Crippen LogP contribution in [0.25, 0.3) is 0 Å². The van der Waals surface area contributed by atoms with E-state index in [9.17, 15) is 9.65 Å². The number of nitrogens with zero attached hydrogens (tertiary/aromatic N) is 1. The quantitative estimate of drug-likeness (QED) is 0.926. The van der Waals surface area contributed by atoms with Crippen LogP contribution in [0.4, 0.5) is 4.39 Å². The second-order valence-electron chi connectivity index (χ2n) is 4.09. The number of hydrogen-bond acceptors (Lipinski definition) is 2. The first-order chi connectivity index (χ1) is 9.20. The summed E-state index contributed by atoms with van der Waals surface area (Å²) in [5.74, 6) is -0.379. The van der Waals surface area contributed by atoms with Crippen molar-refractivity contribution in [2.45, 2.75) is 12.6 Å². The third kappa shape index (κ3) is 3.63. The number of hydrogen-bond donors (Lipinski definition) is 1. The van der Waals surface area contributed by atoms with Crippen LogP contribution >= 0.6 is 15.9 Å². The largest absolute Gasteiger partial charge is 0.294 e. The van der Waals surface area contributed by atoms with E-state index < -0.39 is 6.04 Å². The summed E-state index contributed by atoms with van der Waals surface area (Å²) in [6.07, 6.45) is 0. The average molecular weight is 319 g/mol. The van der Waals surface area contributed by atoms with Crippen molar-refractivity contribution >= 4 is 15.9 Å². The average Bonchev–Trinajstić information content (AvgIpc) is 2.44. The molecule has 0 aliphatic rings. The molecule has 0 aliphatic heterocycles. The van der Waals surface area contributed by atoms with Crippen LogP contribution in [0.1, 0.15) is 17.2 Å². The molecule has 2 aromatic rings. The van der Waals surface area contributed by atoms with Crippen molar-refractivity contribution in [2.24, 2.45) is 0 Å². The van der Waals surface area contributed by atoms with Gasteiger partial charge in [0.2, 0.25) is 0 Å². The fourth-order valence-corrected chi connectivity index (χ4v) is 2.16. The summed E-state index contributed by atoms with van der Waals surface area (Å²) < 4.78 is 14.5. The summed E-state index contributed by atoms with van der Waals surface area (Å²) in [5.41, 5.74) is 1.41. The molecular weight excluding hydrogens is 307 g/mol. The molecule has 96 valence electrons. The van der Waals surface area contributed by atoms with Crippen molar-refractivity contribution in [3.05, 3.63) is 69.9 Å². The highest BCUT2D eigenvalue weighted by atomic mass is 79.9. The van der Waals surface area contributed by atoms with Gasteiger partial charge in [-0.2, -0.15) is 5.26 Å². The van der Waals surface area contributed by atoms with Crippen LogP contribution in [0, 0.1) is 17.1 Å². The van der Waals surface area contributed by atoms with Gasteiger partial charge < -0.3 is 0 Å². The first-order valence-electron chi connectivity index (χ1n) is 5.82. The maximum Gasteiger partial charge on any atom is 0.129 e. The predicted molar refractivity (Wildman–Crippen MR) is 75.7 cm³/mol. The molecule has 1 N–H and O–H groups in total. The second kappa shape index (κ2) is 6.46. The fourth-order valence-electron chi connectivity index (χ4n) is 1.78. The maximum atomic E-state index is 13.7. The highest BCUT2D eigenvalue weighted by Crippen LogP contribution is 2.21. The topological polar surface area (TPSA) is 35.8 Å². The van der Waals surface area contributed by atoms with Gasteiger partial charge in [0.1, 0.15) is 11.9 Å². The van der Waals surface area contributed by atoms with Crippen LogP contribution in [0.2, 0.25) is 0 Å². The molecule has 0 spiro atoms. The monoisotopic (exact) mass is 318 g/mol. The molecule has 0 saturated heterocycles. The predicted octanol–water partition coefficient (Wildman–Crippen LogP) is 3.94. The third-order valence-corrected chi connectivity index (χ3v) is 3.24. The van der Waals surface area contributed by atoms with Crippen LogP contribution in [0.3, 0.4) is 0 Å². The Bertz CT molecular complexity index is 593. The Kier molecular flexibility index (Phi) is 4.67. The van der Waals surface area contributed by atoms with Gasteiger partial charge in [-0.1, -0.05) is 46.3 Å². The molecule has 2 nitrogen and oxygen atoms in total. The summed E-state index contributed by atoms with van der Waals surface area (Å²) in [7, 11) is 0. The zero-order valence-electron chi connectivity index (χ0n) is 10.1. The van der Waals surface area contributed by atoms with E-state index in [4.69, 9.17) is 0 Å². The maximum absolute atomic E-state index is 13.7. The van der Waals surface area contributed by atoms with E-state index in [1.807, 2.05) is 30.3 Å². The van der Waals surface area contributed by atoms with Crippen molar-refractivity contribution in [1.29, 1.82) is 5.26 Å². The van der Waals surface area contributed by atoms with Gasteiger partial charge >= 0.3 is 0 Å². The minimum absolute atomic E-state index is 0.354. The molecule has 0 saturated carbocycles. The van der Waals surface area contributed by atoms with E-state index in [0.717, 1.165) is 10.0 Å². The van der Waals surface area contributed by atoms with Gasteiger partial charge in [0.05, 0.1) is 6.07 Å². The number of benzene rings is 2. The molecule has 1 unspecified atom stereocenters. The van der Waals surface area contributed by atoms with Crippen molar-refractivity contribution < 1.29 is 4.39 Å². The van der Waals surface area contributed by atoms with E-state index >= 15 is 0 Å². The Morgan fingerprint density at radius 1 is 1.21 bits per heavy atom. The molecular formula is C15H12BrFN2. The lowest BCUT2D eigenvalue weighted by molar-refractivity contribution is 0.561. The molecule has 2 rings (SSSR count). The van der Waals surface area contributed by atoms with Crippen LogP contribution in [0.15, 0.2) is 53.0 Å². The summed E-state index contributed by atoms with van der Waals surface area (Å²) in [6.45, 7) is 0.519. The molecule has 0 fully saturated rings. The van der Waals surface area contributed by atoms with Gasteiger partial charge in [0.25, 0.3) is 0 Å². The second-order valence-corrected chi connectivity index (χ2v) is 5.01. The van der Waals surface area contributed by atoms with Gasteiger partial charge in [0.15, 0.2) is 0 Å². The molecule has 0 aromatic heterocycles. The smallest absolute Gasteiger partial charge is 0.129 e. The molecule has 19 heavy (non-hydrogen) atoms. The van der Waals surface area contributed by atoms with Gasteiger partial charge in [-0.05, 0) is 23.8 Å². The highest BCUT2D eigenvalue weighted by molar-refractivity contribution is 9.10. The van der Waals surface area contributed by atoms with Crippen molar-refractivity contribution in [3.8, 4) is 6.07 Å². The Balaban J connectivity index is 2.13. The lowest BCUT2D eigenvalue weighted by Crippen LogP contribution is -2.20. The van der Waals surface area contributed by atoms with E-state index in [-0.39, 0.29) is 5.82 Å². The summed E-state index contributed by atoms with van der Waals surface area (Å²) in [4.78, 5) is 0. The van der Waals surface area contributed by atoms with Gasteiger partial charge in [0, 0.05) is 16.6 Å². The minimum Gasteiger partial charge on any atom is -0.294 e. The standard InChI is InChI=1S/C15H12BrFN2/c16-12-6-7-14(17)13(8-12)15(9-18)19-10-11-4-2-1-3-5-11/h1-8,15,19H,10H2. The van der Waals surface area contributed by atoms with Crippen LogP contribution in [-0.2, 0) is 6.54 Å². The molecule has 1 atom stereocenters. The van der Waals surface area contributed by atoms with E-state index in [0.29, 0.717) is 12.1 Å². The fraction of sp³-hybridized carbons (Fsp3) is 0.133. The van der Waals surface area contributed by atoms with E-state index in [1.165, 1.54) is 6.07 Å². The Hall–Kier alpha value is -1.70. The lowest BCUT2D eigenvalue weighted by Gasteiger charge is -2.13. The number of nitrogens with one attached hydrogen (secondary N) is 1. The van der Waals surface area contributed by atoms with E-state index in [1.54, 1.807) is 12.1 Å². The summed E-state index contributed by atoms with van der Waals surface area (Å²) in [6, 6.07) is 15.7. The van der Waals surface area contributed by atoms with Gasteiger partial charge in [-0.25, -0.2) is 4.39 Å².